The Bertz CT molecular complexity index is 796. The highest BCUT2D eigenvalue weighted by Crippen LogP contribution is 2.17. The second kappa shape index (κ2) is 8.71. The minimum Gasteiger partial charge on any atom is -0.385 e. The third kappa shape index (κ3) is 7.02. The lowest BCUT2D eigenvalue weighted by atomic mass is 10.3. The van der Waals surface area contributed by atoms with Crippen molar-refractivity contribution in [1.82, 2.24) is 4.98 Å². The van der Waals surface area contributed by atoms with Gasteiger partial charge in [-0.2, -0.15) is 8.42 Å². The second-order valence-corrected chi connectivity index (χ2v) is 7.28. The number of benzene rings is 1. The first-order valence-corrected chi connectivity index (χ1v) is 9.40. The van der Waals surface area contributed by atoms with Gasteiger partial charge in [-0.3, -0.25) is 9.98 Å². The zero-order valence-corrected chi connectivity index (χ0v) is 15.0. The van der Waals surface area contributed by atoms with Crippen molar-refractivity contribution >= 4 is 43.2 Å². The molecule has 0 amide bonds. The van der Waals surface area contributed by atoms with Crippen molar-refractivity contribution in [2.24, 2.45) is 10.3 Å². The van der Waals surface area contributed by atoms with E-state index in [-0.39, 0.29) is 5.75 Å². The summed E-state index contributed by atoms with van der Waals surface area (Å²) in [4.78, 5) is 4.07. The molecule has 10 heteroatoms. The first-order chi connectivity index (χ1) is 11.4. The summed E-state index contributed by atoms with van der Waals surface area (Å²) >= 11 is 3.29. The molecule has 0 aliphatic carbocycles. The molecule has 24 heavy (non-hydrogen) atoms. The van der Waals surface area contributed by atoms with Crippen LogP contribution >= 0.6 is 15.9 Å². The topological polar surface area (TPSA) is 116 Å². The van der Waals surface area contributed by atoms with Crippen LogP contribution in [0.4, 0.5) is 17.2 Å². The highest BCUT2D eigenvalue weighted by atomic mass is 79.9. The van der Waals surface area contributed by atoms with Gasteiger partial charge in [-0.1, -0.05) is 11.3 Å². The van der Waals surface area contributed by atoms with Crippen molar-refractivity contribution in [3.05, 3.63) is 47.1 Å². The molecule has 0 spiro atoms. The minimum atomic E-state index is -3.92. The first kappa shape index (κ1) is 18.3. The van der Waals surface area contributed by atoms with E-state index in [1.807, 2.05) is 30.3 Å². The van der Waals surface area contributed by atoms with E-state index >= 15 is 0 Å². The molecule has 0 saturated heterocycles. The number of halogens is 1. The molecule has 3 N–H and O–H groups in total. The number of aromatic nitrogens is 1. The summed E-state index contributed by atoms with van der Waals surface area (Å²) in [5.74, 6) is 0.206. The Balaban J connectivity index is 1.84. The van der Waals surface area contributed by atoms with Crippen LogP contribution < -0.4 is 10.7 Å². The molecule has 0 fully saturated rings. The van der Waals surface area contributed by atoms with Gasteiger partial charge in [-0.25, -0.2) is 4.98 Å². The van der Waals surface area contributed by atoms with Gasteiger partial charge in [-0.05, 0) is 52.7 Å². The Morgan fingerprint density at radius 3 is 2.71 bits per heavy atom. The van der Waals surface area contributed by atoms with Crippen LogP contribution in [-0.4, -0.2) is 30.3 Å². The SMILES string of the molecule is O=S(=O)(O)CCCNc1cccc(NN=Nc2ccc(Br)cn2)c1. The number of pyridine rings is 1. The van der Waals surface area contributed by atoms with Gasteiger partial charge in [0.25, 0.3) is 10.1 Å². The molecule has 2 aromatic rings. The third-order valence-electron chi connectivity index (χ3n) is 2.81. The molecule has 0 aliphatic rings. The summed E-state index contributed by atoms with van der Waals surface area (Å²) in [7, 11) is -3.92. The molecule has 0 aliphatic heterocycles. The summed E-state index contributed by atoms with van der Waals surface area (Å²) < 4.78 is 30.8. The average Bonchev–Trinajstić information content (AvgIpc) is 2.53. The molecule has 1 aromatic carbocycles. The van der Waals surface area contributed by atoms with Crippen LogP contribution in [0.3, 0.4) is 0 Å². The molecule has 0 bridgehead atoms. The summed E-state index contributed by atoms with van der Waals surface area (Å²) in [6.07, 6.45) is 1.94. The summed E-state index contributed by atoms with van der Waals surface area (Å²) in [5.41, 5.74) is 4.31. The molecule has 2 rings (SSSR count). The summed E-state index contributed by atoms with van der Waals surface area (Å²) in [6, 6.07) is 10.8. The number of nitrogens with zero attached hydrogens (tertiary/aromatic N) is 3. The first-order valence-electron chi connectivity index (χ1n) is 7.00. The maximum atomic E-state index is 10.6. The monoisotopic (exact) mass is 413 g/mol. The molecule has 0 atom stereocenters. The normalized spacial score (nSPS) is 11.6. The van der Waals surface area contributed by atoms with E-state index < -0.39 is 10.1 Å². The maximum Gasteiger partial charge on any atom is 0.264 e. The second-order valence-electron chi connectivity index (χ2n) is 4.79. The molecule has 8 nitrogen and oxygen atoms in total. The van der Waals surface area contributed by atoms with Crippen LogP contribution in [0.25, 0.3) is 0 Å². The Morgan fingerprint density at radius 2 is 2.00 bits per heavy atom. The van der Waals surface area contributed by atoms with E-state index in [9.17, 15) is 8.42 Å². The molecule has 1 heterocycles. The lowest BCUT2D eigenvalue weighted by Gasteiger charge is -2.07. The van der Waals surface area contributed by atoms with E-state index in [4.69, 9.17) is 4.55 Å². The summed E-state index contributed by atoms with van der Waals surface area (Å²) in [5, 5.41) is 10.9. The van der Waals surface area contributed by atoms with Gasteiger partial charge >= 0.3 is 0 Å². The van der Waals surface area contributed by atoms with E-state index in [0.29, 0.717) is 18.8 Å². The van der Waals surface area contributed by atoms with Gasteiger partial charge in [-0.15, -0.1) is 5.11 Å². The molecule has 1 aromatic heterocycles. The molecule has 0 unspecified atom stereocenters. The average molecular weight is 414 g/mol. The van der Waals surface area contributed by atoms with Gasteiger partial charge in [0.15, 0.2) is 5.82 Å². The maximum absolute atomic E-state index is 10.6. The van der Waals surface area contributed by atoms with Crippen LogP contribution in [0.2, 0.25) is 0 Å². The highest BCUT2D eigenvalue weighted by Gasteiger charge is 2.03. The van der Waals surface area contributed by atoms with Gasteiger partial charge in [0.05, 0.1) is 11.4 Å². The standard InChI is InChI=1S/C14H16BrN5O3S/c15-11-5-6-14(17-10-11)19-20-18-13-4-1-3-12(9-13)16-7-2-8-24(21,22)23/h1,3-6,9-10,16H,2,7-8H2,(H,17,18,19)(H,21,22,23). The molecular weight excluding hydrogens is 398 g/mol. The number of nitrogens with one attached hydrogen (secondary N) is 2. The fraction of sp³-hybridized carbons (Fsp3) is 0.214. The lowest BCUT2D eigenvalue weighted by Crippen LogP contribution is -2.10. The predicted molar refractivity (Wildman–Crippen MR) is 96.0 cm³/mol. The fourth-order valence-electron chi connectivity index (χ4n) is 1.75. The van der Waals surface area contributed by atoms with Crippen molar-refractivity contribution in [3.63, 3.8) is 0 Å². The van der Waals surface area contributed by atoms with Crippen LogP contribution in [0.15, 0.2) is 57.4 Å². The Kier molecular flexibility index (Phi) is 6.64. The van der Waals surface area contributed by atoms with Crippen LogP contribution in [0, 0.1) is 0 Å². The molecule has 0 saturated carbocycles. The van der Waals surface area contributed by atoms with E-state index in [1.165, 1.54) is 0 Å². The van der Waals surface area contributed by atoms with Crippen LogP contribution in [0.1, 0.15) is 6.42 Å². The molecule has 128 valence electrons. The van der Waals surface area contributed by atoms with Gasteiger partial charge in [0, 0.05) is 22.9 Å². The third-order valence-corrected chi connectivity index (χ3v) is 4.09. The fourth-order valence-corrected chi connectivity index (χ4v) is 2.49. The van der Waals surface area contributed by atoms with Crippen molar-refractivity contribution < 1.29 is 13.0 Å². The van der Waals surface area contributed by atoms with Crippen molar-refractivity contribution in [2.75, 3.05) is 23.0 Å². The van der Waals surface area contributed by atoms with Crippen molar-refractivity contribution in [2.45, 2.75) is 6.42 Å². The van der Waals surface area contributed by atoms with E-state index in [0.717, 1.165) is 15.8 Å². The Hall–Kier alpha value is -2.04. The smallest absolute Gasteiger partial charge is 0.264 e. The quantitative estimate of drug-likeness (QED) is 0.263. The number of rotatable bonds is 8. The Morgan fingerprint density at radius 1 is 1.21 bits per heavy atom. The highest BCUT2D eigenvalue weighted by molar-refractivity contribution is 9.10. The zero-order chi connectivity index (χ0) is 17.4. The number of anilines is 2. The van der Waals surface area contributed by atoms with Crippen molar-refractivity contribution in [3.8, 4) is 0 Å². The van der Waals surface area contributed by atoms with Crippen LogP contribution in [-0.2, 0) is 10.1 Å². The molecule has 0 radical (unpaired) electrons. The van der Waals surface area contributed by atoms with E-state index in [1.54, 1.807) is 12.3 Å². The number of hydrogen-bond acceptors (Lipinski definition) is 6. The van der Waals surface area contributed by atoms with Gasteiger partial charge in [0.1, 0.15) is 0 Å². The van der Waals surface area contributed by atoms with Gasteiger partial charge in [0.2, 0.25) is 0 Å². The predicted octanol–water partition coefficient (Wildman–Crippen LogP) is 3.64. The minimum absolute atomic E-state index is 0.271. The van der Waals surface area contributed by atoms with Gasteiger partial charge < -0.3 is 5.32 Å². The van der Waals surface area contributed by atoms with E-state index in [2.05, 4.69) is 42.0 Å². The zero-order valence-electron chi connectivity index (χ0n) is 12.6. The van der Waals surface area contributed by atoms with Crippen LogP contribution in [0.5, 0.6) is 0 Å². The van der Waals surface area contributed by atoms with Crippen molar-refractivity contribution in [1.29, 1.82) is 0 Å². The summed E-state index contributed by atoms with van der Waals surface area (Å²) in [6.45, 7) is 0.424. The lowest BCUT2D eigenvalue weighted by molar-refractivity contribution is 0.481. The largest absolute Gasteiger partial charge is 0.385 e. The number of hydrogen-bond donors (Lipinski definition) is 3. The Labute approximate surface area is 148 Å². The molecular formula is C14H16BrN5O3S.